The van der Waals surface area contributed by atoms with E-state index in [1.165, 1.54) is 7.11 Å². The molecule has 0 saturated heterocycles. The standard InChI is InChI=1S/C19H22ClNO4/c1-4-9-25-18-15(20)10-14(11-17(18)24-3)19(22)21-12-13-7-5-6-8-16(13)23-2/h5-8,10-11H,4,9,12H2,1-3H3,(H,21,22). The number of ether oxygens (including phenoxy) is 3. The van der Waals surface area contributed by atoms with E-state index in [2.05, 4.69) is 5.32 Å². The van der Waals surface area contributed by atoms with Crippen LogP contribution >= 0.6 is 11.6 Å². The van der Waals surface area contributed by atoms with Crippen molar-refractivity contribution < 1.29 is 19.0 Å². The molecule has 0 atom stereocenters. The van der Waals surface area contributed by atoms with Gasteiger partial charge >= 0.3 is 0 Å². The first-order chi connectivity index (χ1) is 12.1. The van der Waals surface area contributed by atoms with Crippen LogP contribution in [-0.4, -0.2) is 26.7 Å². The van der Waals surface area contributed by atoms with Crippen LogP contribution in [0, 0.1) is 0 Å². The second-order valence-electron chi connectivity index (χ2n) is 5.33. The smallest absolute Gasteiger partial charge is 0.251 e. The first kappa shape index (κ1) is 18.9. The van der Waals surface area contributed by atoms with E-state index in [-0.39, 0.29) is 5.91 Å². The van der Waals surface area contributed by atoms with Gasteiger partial charge in [-0.15, -0.1) is 0 Å². The number of carbonyl (C=O) groups excluding carboxylic acids is 1. The van der Waals surface area contributed by atoms with E-state index in [4.69, 9.17) is 25.8 Å². The van der Waals surface area contributed by atoms with Gasteiger partial charge in [-0.3, -0.25) is 4.79 Å². The van der Waals surface area contributed by atoms with Crippen molar-refractivity contribution in [3.63, 3.8) is 0 Å². The minimum atomic E-state index is -0.256. The molecule has 0 heterocycles. The van der Waals surface area contributed by atoms with Crippen LogP contribution in [0.15, 0.2) is 36.4 Å². The number of methoxy groups -OCH3 is 2. The highest BCUT2D eigenvalue weighted by Crippen LogP contribution is 2.36. The second-order valence-corrected chi connectivity index (χ2v) is 5.74. The molecule has 0 aromatic heterocycles. The van der Waals surface area contributed by atoms with Crippen LogP contribution in [0.3, 0.4) is 0 Å². The summed E-state index contributed by atoms with van der Waals surface area (Å²) in [5, 5.41) is 3.20. The molecular formula is C19H22ClNO4. The summed E-state index contributed by atoms with van der Waals surface area (Å²) in [4.78, 5) is 12.5. The van der Waals surface area contributed by atoms with E-state index < -0.39 is 0 Å². The Morgan fingerprint density at radius 3 is 2.52 bits per heavy atom. The Morgan fingerprint density at radius 1 is 1.12 bits per heavy atom. The van der Waals surface area contributed by atoms with E-state index in [9.17, 15) is 4.79 Å². The number of rotatable bonds is 8. The van der Waals surface area contributed by atoms with Gasteiger partial charge in [-0.25, -0.2) is 0 Å². The normalized spacial score (nSPS) is 10.2. The van der Waals surface area contributed by atoms with E-state index in [1.807, 2.05) is 31.2 Å². The molecule has 2 aromatic rings. The number of carbonyl (C=O) groups is 1. The number of benzene rings is 2. The molecule has 0 aliphatic carbocycles. The van der Waals surface area contributed by atoms with Gasteiger partial charge in [-0.1, -0.05) is 36.7 Å². The van der Waals surface area contributed by atoms with Gasteiger partial charge in [0.05, 0.1) is 25.8 Å². The number of halogens is 1. The van der Waals surface area contributed by atoms with Crippen molar-refractivity contribution in [1.82, 2.24) is 5.32 Å². The van der Waals surface area contributed by atoms with Gasteiger partial charge in [0.1, 0.15) is 5.75 Å². The van der Waals surface area contributed by atoms with Crippen LogP contribution in [0.2, 0.25) is 5.02 Å². The molecular weight excluding hydrogens is 342 g/mol. The lowest BCUT2D eigenvalue weighted by atomic mass is 10.1. The third-order valence-electron chi connectivity index (χ3n) is 3.57. The molecule has 1 amide bonds. The fraction of sp³-hybridized carbons (Fsp3) is 0.316. The summed E-state index contributed by atoms with van der Waals surface area (Å²) in [6.45, 7) is 2.87. The molecule has 0 fully saturated rings. The van der Waals surface area contributed by atoms with Crippen molar-refractivity contribution >= 4 is 17.5 Å². The van der Waals surface area contributed by atoms with Gasteiger partial charge in [-0.05, 0) is 24.6 Å². The van der Waals surface area contributed by atoms with Crippen molar-refractivity contribution in [2.75, 3.05) is 20.8 Å². The predicted molar refractivity (Wildman–Crippen MR) is 98.0 cm³/mol. The molecule has 0 saturated carbocycles. The summed E-state index contributed by atoms with van der Waals surface area (Å²) in [7, 11) is 3.11. The molecule has 0 bridgehead atoms. The number of hydrogen-bond donors (Lipinski definition) is 1. The molecule has 5 nitrogen and oxygen atoms in total. The zero-order valence-electron chi connectivity index (χ0n) is 14.6. The highest BCUT2D eigenvalue weighted by molar-refractivity contribution is 6.32. The summed E-state index contributed by atoms with van der Waals surface area (Å²) in [6.07, 6.45) is 0.848. The van der Waals surface area contributed by atoms with Crippen molar-refractivity contribution in [1.29, 1.82) is 0 Å². The highest BCUT2D eigenvalue weighted by atomic mass is 35.5. The van der Waals surface area contributed by atoms with E-state index in [0.29, 0.717) is 35.2 Å². The van der Waals surface area contributed by atoms with Crippen LogP contribution in [0.1, 0.15) is 29.3 Å². The van der Waals surface area contributed by atoms with Crippen LogP contribution in [0.4, 0.5) is 0 Å². The summed E-state index contributed by atoms with van der Waals surface area (Å²) < 4.78 is 16.2. The van der Waals surface area contributed by atoms with Crippen LogP contribution in [0.5, 0.6) is 17.2 Å². The Kier molecular flexibility index (Phi) is 6.95. The van der Waals surface area contributed by atoms with Gasteiger partial charge in [0.25, 0.3) is 5.91 Å². The molecule has 25 heavy (non-hydrogen) atoms. The summed E-state index contributed by atoms with van der Waals surface area (Å²) in [5.74, 6) is 1.35. The number of hydrogen-bond acceptors (Lipinski definition) is 4. The van der Waals surface area contributed by atoms with Gasteiger partial charge in [0.2, 0.25) is 0 Å². The predicted octanol–water partition coefficient (Wildman–Crippen LogP) is 4.08. The fourth-order valence-electron chi connectivity index (χ4n) is 2.32. The Labute approximate surface area is 152 Å². The summed E-state index contributed by atoms with van der Waals surface area (Å²) in [5.41, 5.74) is 1.29. The SMILES string of the molecule is CCCOc1c(Cl)cc(C(=O)NCc2ccccc2OC)cc1OC. The van der Waals surface area contributed by atoms with E-state index in [0.717, 1.165) is 17.7 Å². The maximum Gasteiger partial charge on any atom is 0.251 e. The van der Waals surface area contributed by atoms with Crippen molar-refractivity contribution in [2.45, 2.75) is 19.9 Å². The molecule has 2 aromatic carbocycles. The number of amides is 1. The monoisotopic (exact) mass is 363 g/mol. The summed E-state index contributed by atoms with van der Waals surface area (Å²) >= 11 is 6.25. The average Bonchev–Trinajstić information content (AvgIpc) is 2.64. The Hall–Kier alpha value is -2.40. The van der Waals surface area contributed by atoms with Crippen molar-refractivity contribution in [3.8, 4) is 17.2 Å². The molecule has 0 aliphatic rings. The lowest BCUT2D eigenvalue weighted by molar-refractivity contribution is 0.0950. The molecule has 1 N–H and O–H groups in total. The first-order valence-electron chi connectivity index (χ1n) is 8.01. The lowest BCUT2D eigenvalue weighted by Crippen LogP contribution is -2.23. The van der Waals surface area contributed by atoms with Crippen LogP contribution < -0.4 is 19.5 Å². The Balaban J connectivity index is 2.15. The molecule has 6 heteroatoms. The van der Waals surface area contributed by atoms with Gasteiger partial charge in [0, 0.05) is 17.7 Å². The first-order valence-corrected chi connectivity index (χ1v) is 8.38. The quantitative estimate of drug-likeness (QED) is 0.767. The molecule has 0 unspecified atom stereocenters. The number of nitrogens with one attached hydrogen (secondary N) is 1. The largest absolute Gasteiger partial charge is 0.496 e. The maximum atomic E-state index is 12.5. The lowest BCUT2D eigenvalue weighted by Gasteiger charge is -2.14. The zero-order valence-corrected chi connectivity index (χ0v) is 15.4. The molecule has 2 rings (SSSR count). The molecule has 0 aliphatic heterocycles. The Bertz CT molecular complexity index is 733. The van der Waals surface area contributed by atoms with Gasteiger partial charge in [-0.2, -0.15) is 0 Å². The molecule has 134 valence electrons. The fourth-order valence-corrected chi connectivity index (χ4v) is 2.59. The zero-order chi connectivity index (χ0) is 18.2. The van der Waals surface area contributed by atoms with Crippen LogP contribution in [-0.2, 0) is 6.54 Å². The van der Waals surface area contributed by atoms with E-state index in [1.54, 1.807) is 19.2 Å². The minimum Gasteiger partial charge on any atom is -0.496 e. The highest BCUT2D eigenvalue weighted by Gasteiger charge is 2.16. The number of para-hydroxylation sites is 1. The topological polar surface area (TPSA) is 56.8 Å². The van der Waals surface area contributed by atoms with Gasteiger partial charge < -0.3 is 19.5 Å². The Morgan fingerprint density at radius 2 is 1.84 bits per heavy atom. The summed E-state index contributed by atoms with van der Waals surface area (Å²) in [6, 6.07) is 10.7. The molecule has 0 radical (unpaired) electrons. The van der Waals surface area contributed by atoms with Crippen molar-refractivity contribution in [2.24, 2.45) is 0 Å². The molecule has 0 spiro atoms. The third kappa shape index (κ3) is 4.79. The third-order valence-corrected chi connectivity index (χ3v) is 3.85. The van der Waals surface area contributed by atoms with Crippen molar-refractivity contribution in [3.05, 3.63) is 52.5 Å². The second kappa shape index (κ2) is 9.18. The van der Waals surface area contributed by atoms with E-state index >= 15 is 0 Å². The van der Waals surface area contributed by atoms with Crippen LogP contribution in [0.25, 0.3) is 0 Å². The maximum absolute atomic E-state index is 12.5. The average molecular weight is 364 g/mol. The minimum absolute atomic E-state index is 0.256. The van der Waals surface area contributed by atoms with Gasteiger partial charge in [0.15, 0.2) is 11.5 Å².